The molecule has 5 nitrogen and oxygen atoms in total. The molecule has 1 aliphatic carbocycles. The van der Waals surface area contributed by atoms with Crippen LogP contribution in [-0.4, -0.2) is 54.0 Å². The van der Waals surface area contributed by atoms with Gasteiger partial charge in [0.25, 0.3) is 0 Å². The van der Waals surface area contributed by atoms with Crippen LogP contribution in [0.15, 0.2) is 24.3 Å². The van der Waals surface area contributed by atoms with Gasteiger partial charge in [-0.3, -0.25) is 14.6 Å². The first-order valence-electron chi connectivity index (χ1n) is 10.00. The molecular weight excluding hydrogens is 360 g/mol. The lowest BCUT2D eigenvalue weighted by molar-refractivity contribution is -0.124. The Bertz CT molecular complexity index is 654. The molecule has 146 valence electrons. The molecule has 2 fully saturated rings. The molecule has 0 aromatic heterocycles. The molecule has 1 heterocycles. The van der Waals surface area contributed by atoms with Crippen molar-refractivity contribution in [3.05, 3.63) is 34.9 Å². The maximum atomic E-state index is 12.5. The Morgan fingerprint density at radius 2 is 1.63 bits per heavy atom. The number of amides is 1. The minimum Gasteiger partial charge on any atom is -0.337 e. The highest BCUT2D eigenvalue weighted by Gasteiger charge is 2.33. The molecule has 0 spiro atoms. The number of nitrogens with one attached hydrogen (secondary N) is 1. The fraction of sp³-hybridized carbons (Fsp3) is 0.619. The molecule has 27 heavy (non-hydrogen) atoms. The summed E-state index contributed by atoms with van der Waals surface area (Å²) in [5.41, 5.74) is 0.610. The quantitative estimate of drug-likeness (QED) is 0.787. The van der Waals surface area contributed by atoms with Gasteiger partial charge in [-0.25, -0.2) is 0 Å². The molecule has 6 heteroatoms. The van der Waals surface area contributed by atoms with Crippen LogP contribution in [0.4, 0.5) is 0 Å². The second kappa shape index (κ2) is 9.54. The van der Waals surface area contributed by atoms with E-state index in [0.717, 1.165) is 76.3 Å². The van der Waals surface area contributed by atoms with E-state index in [1.54, 1.807) is 0 Å². The molecule has 2 aliphatic rings. The fourth-order valence-corrected chi connectivity index (χ4v) is 4.19. The number of carbonyl (C=O) groups excluding carboxylic acids is 1. The van der Waals surface area contributed by atoms with E-state index in [9.17, 15) is 10.1 Å². The Labute approximate surface area is 167 Å². The number of halogens is 1. The van der Waals surface area contributed by atoms with Gasteiger partial charge in [0.2, 0.25) is 5.91 Å². The van der Waals surface area contributed by atoms with E-state index in [1.165, 1.54) is 5.56 Å². The van der Waals surface area contributed by atoms with Crippen LogP contribution in [0, 0.1) is 11.3 Å². The second-order valence-electron chi connectivity index (χ2n) is 7.84. The summed E-state index contributed by atoms with van der Waals surface area (Å²) in [5.74, 6) is -0.00963. The second-order valence-corrected chi connectivity index (χ2v) is 8.27. The minimum absolute atomic E-state index is 0.00963. The zero-order valence-electron chi connectivity index (χ0n) is 15.9. The van der Waals surface area contributed by atoms with Crippen LogP contribution in [0.3, 0.4) is 0 Å². The number of carbonyl (C=O) groups is 1. The van der Waals surface area contributed by atoms with E-state index in [4.69, 9.17) is 11.6 Å². The van der Waals surface area contributed by atoms with Gasteiger partial charge in [-0.2, -0.15) is 5.26 Å². The predicted molar refractivity (Wildman–Crippen MR) is 107 cm³/mol. The SMILES string of the molecule is N#CC1(NC(=O)CN2CCN(Cc3ccc(Cl)cc3)CC2)CCCCCC1. The molecule has 0 atom stereocenters. The largest absolute Gasteiger partial charge is 0.337 e. The summed E-state index contributed by atoms with van der Waals surface area (Å²) in [4.78, 5) is 17.1. The number of hydrogen-bond donors (Lipinski definition) is 1. The summed E-state index contributed by atoms with van der Waals surface area (Å²) in [5, 5.41) is 13.4. The lowest BCUT2D eigenvalue weighted by Gasteiger charge is -2.35. The summed E-state index contributed by atoms with van der Waals surface area (Å²) in [6.07, 6.45) is 5.94. The van der Waals surface area contributed by atoms with Crippen LogP contribution >= 0.6 is 11.6 Å². The first-order chi connectivity index (χ1) is 13.1. The van der Waals surface area contributed by atoms with E-state index >= 15 is 0 Å². The number of benzene rings is 1. The first-order valence-corrected chi connectivity index (χ1v) is 10.4. The van der Waals surface area contributed by atoms with Gasteiger partial charge < -0.3 is 5.32 Å². The average Bonchev–Trinajstić information content (AvgIpc) is 2.91. The summed E-state index contributed by atoms with van der Waals surface area (Å²) in [6, 6.07) is 10.4. The fourth-order valence-electron chi connectivity index (χ4n) is 4.06. The zero-order valence-corrected chi connectivity index (χ0v) is 16.7. The minimum atomic E-state index is -0.649. The lowest BCUT2D eigenvalue weighted by Crippen LogP contribution is -2.53. The van der Waals surface area contributed by atoms with Crippen LogP contribution in [0.1, 0.15) is 44.1 Å². The Morgan fingerprint density at radius 3 is 2.22 bits per heavy atom. The number of nitrogens with zero attached hydrogens (tertiary/aromatic N) is 3. The van der Waals surface area contributed by atoms with Gasteiger partial charge in [0.15, 0.2) is 0 Å². The van der Waals surface area contributed by atoms with Gasteiger partial charge in [-0.15, -0.1) is 0 Å². The standard InChI is InChI=1S/C21H29ClN4O/c22-19-7-5-18(6-8-19)15-25-11-13-26(14-12-25)16-20(27)24-21(17-23)9-3-1-2-4-10-21/h5-8H,1-4,9-16H2,(H,24,27). The highest BCUT2D eigenvalue weighted by Crippen LogP contribution is 2.26. The molecule has 1 aliphatic heterocycles. The van der Waals surface area contributed by atoms with Crippen molar-refractivity contribution in [1.82, 2.24) is 15.1 Å². The molecule has 1 aromatic carbocycles. The van der Waals surface area contributed by atoms with Crippen molar-refractivity contribution in [1.29, 1.82) is 5.26 Å². The molecule has 1 saturated heterocycles. The van der Waals surface area contributed by atoms with Crippen molar-refractivity contribution >= 4 is 17.5 Å². The topological polar surface area (TPSA) is 59.4 Å². The van der Waals surface area contributed by atoms with Gasteiger partial charge in [0.05, 0.1) is 12.6 Å². The number of piperazine rings is 1. The third-order valence-corrected chi connectivity index (χ3v) is 5.95. The van der Waals surface area contributed by atoms with E-state index in [2.05, 4.69) is 33.3 Å². The normalized spacial score (nSPS) is 21.2. The molecule has 1 saturated carbocycles. The van der Waals surface area contributed by atoms with Crippen molar-refractivity contribution in [2.75, 3.05) is 32.7 Å². The number of nitriles is 1. The Hall–Kier alpha value is -1.61. The molecule has 1 N–H and O–H groups in total. The maximum absolute atomic E-state index is 12.5. The van der Waals surface area contributed by atoms with E-state index in [0.29, 0.717) is 6.54 Å². The molecule has 0 unspecified atom stereocenters. The maximum Gasteiger partial charge on any atom is 0.235 e. The highest BCUT2D eigenvalue weighted by atomic mass is 35.5. The number of rotatable bonds is 5. The average molecular weight is 389 g/mol. The summed E-state index contributed by atoms with van der Waals surface area (Å²) in [7, 11) is 0. The number of hydrogen-bond acceptors (Lipinski definition) is 4. The Kier molecular flexibility index (Phi) is 7.12. The van der Waals surface area contributed by atoms with E-state index < -0.39 is 5.54 Å². The smallest absolute Gasteiger partial charge is 0.235 e. The molecule has 0 bridgehead atoms. The molecule has 1 amide bonds. The third-order valence-electron chi connectivity index (χ3n) is 5.70. The van der Waals surface area contributed by atoms with Crippen molar-refractivity contribution in [3.8, 4) is 6.07 Å². The van der Waals surface area contributed by atoms with Crippen LogP contribution in [0.5, 0.6) is 0 Å². The van der Waals surface area contributed by atoms with Crippen LogP contribution in [-0.2, 0) is 11.3 Å². The predicted octanol–water partition coefficient (Wildman–Crippen LogP) is 3.19. The van der Waals surface area contributed by atoms with Crippen LogP contribution < -0.4 is 5.32 Å². The van der Waals surface area contributed by atoms with Crippen molar-refractivity contribution < 1.29 is 4.79 Å². The Balaban J connectivity index is 1.43. The monoisotopic (exact) mass is 388 g/mol. The van der Waals surface area contributed by atoms with E-state index in [1.807, 2.05) is 12.1 Å². The molecule has 1 aromatic rings. The van der Waals surface area contributed by atoms with Crippen molar-refractivity contribution in [2.24, 2.45) is 0 Å². The third kappa shape index (κ3) is 5.93. The van der Waals surface area contributed by atoms with E-state index in [-0.39, 0.29) is 5.91 Å². The van der Waals surface area contributed by atoms with Gasteiger partial charge in [-0.1, -0.05) is 49.4 Å². The van der Waals surface area contributed by atoms with Crippen molar-refractivity contribution in [3.63, 3.8) is 0 Å². The zero-order chi connectivity index (χ0) is 19.1. The Morgan fingerprint density at radius 1 is 1.04 bits per heavy atom. The summed E-state index contributed by atoms with van der Waals surface area (Å²) in [6.45, 7) is 4.94. The summed E-state index contributed by atoms with van der Waals surface area (Å²) < 4.78 is 0. The van der Waals surface area contributed by atoms with Gasteiger partial charge in [0, 0.05) is 37.7 Å². The van der Waals surface area contributed by atoms with Gasteiger partial charge >= 0.3 is 0 Å². The van der Waals surface area contributed by atoms with Gasteiger partial charge in [0.1, 0.15) is 5.54 Å². The molecule has 0 radical (unpaired) electrons. The molecule has 3 rings (SSSR count). The van der Waals surface area contributed by atoms with Crippen molar-refractivity contribution in [2.45, 2.75) is 50.6 Å². The summed E-state index contributed by atoms with van der Waals surface area (Å²) >= 11 is 5.94. The lowest BCUT2D eigenvalue weighted by atomic mass is 9.92. The van der Waals surface area contributed by atoms with Gasteiger partial charge in [-0.05, 0) is 30.5 Å². The first kappa shape index (κ1) is 20.1. The van der Waals surface area contributed by atoms with Crippen LogP contribution in [0.2, 0.25) is 5.02 Å². The molecular formula is C21H29ClN4O. The van der Waals surface area contributed by atoms with Crippen LogP contribution in [0.25, 0.3) is 0 Å². The highest BCUT2D eigenvalue weighted by molar-refractivity contribution is 6.30.